The Labute approximate surface area is 261 Å². The number of rotatable bonds is 12. The fraction of sp³-hybridized carbons (Fsp3) is 0.417. The number of hydrogen-bond donors (Lipinski definition) is 1. The van der Waals surface area contributed by atoms with E-state index >= 15 is 0 Å². The van der Waals surface area contributed by atoms with Crippen molar-refractivity contribution in [1.29, 1.82) is 0 Å². The Morgan fingerprint density at radius 3 is 2.00 bits per heavy atom. The standard InChI is InChI=1S/C36H45N3O5/c1-9-17-42-28-15-16-29(24(6)18-28)34-30(19-39(38-34)27-13-11-10-12-14-27)33-31(35(40)43-20-22(2)3)25(7)37-26(8)32(33)36(41)44-21-23(4)5/h10-16,18-19,22-23,33,37H,9,17,20-21H2,1-8H3. The van der Waals surface area contributed by atoms with Gasteiger partial charge in [-0.2, -0.15) is 5.10 Å². The molecule has 0 saturated heterocycles. The van der Waals surface area contributed by atoms with Gasteiger partial charge in [0.2, 0.25) is 0 Å². The lowest BCUT2D eigenvalue weighted by molar-refractivity contribution is -0.141. The number of aromatic nitrogens is 2. The Kier molecular flexibility index (Phi) is 10.7. The third kappa shape index (κ3) is 7.41. The molecule has 0 saturated carbocycles. The van der Waals surface area contributed by atoms with Crippen molar-refractivity contribution >= 4 is 11.9 Å². The number of dihydropyridines is 1. The number of carbonyl (C=O) groups excluding carboxylic acids is 2. The Morgan fingerprint density at radius 1 is 0.886 bits per heavy atom. The number of esters is 2. The molecule has 0 bridgehead atoms. The van der Waals surface area contributed by atoms with Crippen LogP contribution in [0.3, 0.4) is 0 Å². The lowest BCUT2D eigenvalue weighted by Crippen LogP contribution is -2.33. The molecule has 3 aromatic rings. The monoisotopic (exact) mass is 599 g/mol. The van der Waals surface area contributed by atoms with E-state index < -0.39 is 17.9 Å². The number of para-hydroxylation sites is 1. The van der Waals surface area contributed by atoms with Crippen LogP contribution in [-0.4, -0.2) is 41.5 Å². The minimum Gasteiger partial charge on any atom is -0.494 e. The van der Waals surface area contributed by atoms with E-state index in [2.05, 4.69) is 12.2 Å². The summed E-state index contributed by atoms with van der Waals surface area (Å²) in [6.07, 6.45) is 2.82. The SMILES string of the molecule is CCCOc1ccc(-c2nn(-c3ccccc3)cc2C2C(C(=O)OCC(C)C)=C(C)NC(C)=C2C(=O)OCC(C)C)c(C)c1. The first-order chi connectivity index (χ1) is 21.0. The predicted molar refractivity (Wildman–Crippen MR) is 172 cm³/mol. The summed E-state index contributed by atoms with van der Waals surface area (Å²) in [5.74, 6) is -0.660. The summed E-state index contributed by atoms with van der Waals surface area (Å²) < 4.78 is 19.3. The molecule has 44 heavy (non-hydrogen) atoms. The minimum absolute atomic E-state index is 0.148. The highest BCUT2D eigenvalue weighted by atomic mass is 16.5. The van der Waals surface area contributed by atoms with Crippen molar-refractivity contribution in [3.8, 4) is 22.7 Å². The number of nitrogens with zero attached hydrogens (tertiary/aromatic N) is 2. The first-order valence-corrected chi connectivity index (χ1v) is 15.4. The average Bonchev–Trinajstić information content (AvgIpc) is 3.42. The molecule has 4 rings (SSSR count). The van der Waals surface area contributed by atoms with Gasteiger partial charge in [-0.15, -0.1) is 0 Å². The molecule has 0 unspecified atom stereocenters. The molecular weight excluding hydrogens is 554 g/mol. The van der Waals surface area contributed by atoms with Crippen molar-refractivity contribution in [2.45, 2.75) is 67.7 Å². The zero-order valence-corrected chi connectivity index (χ0v) is 27.2. The Balaban J connectivity index is 1.96. The smallest absolute Gasteiger partial charge is 0.336 e. The van der Waals surface area contributed by atoms with Crippen LogP contribution in [0, 0.1) is 18.8 Å². The van der Waals surface area contributed by atoms with Crippen molar-refractivity contribution in [1.82, 2.24) is 15.1 Å². The first kappa shape index (κ1) is 32.6. The lowest BCUT2D eigenvalue weighted by Gasteiger charge is -2.30. The largest absolute Gasteiger partial charge is 0.494 e. The molecule has 0 amide bonds. The fourth-order valence-corrected chi connectivity index (χ4v) is 5.22. The van der Waals surface area contributed by atoms with Gasteiger partial charge in [-0.1, -0.05) is 52.8 Å². The second kappa shape index (κ2) is 14.4. The minimum atomic E-state index is -0.779. The van der Waals surface area contributed by atoms with Crippen molar-refractivity contribution in [3.05, 3.63) is 88.4 Å². The summed E-state index contributed by atoms with van der Waals surface area (Å²) in [6.45, 7) is 16.9. The Morgan fingerprint density at radius 2 is 1.48 bits per heavy atom. The quantitative estimate of drug-likeness (QED) is 0.219. The highest BCUT2D eigenvalue weighted by Gasteiger charge is 2.40. The second-order valence-corrected chi connectivity index (χ2v) is 12.2. The van der Waals surface area contributed by atoms with Crippen molar-refractivity contribution in [2.24, 2.45) is 11.8 Å². The van der Waals surface area contributed by atoms with Gasteiger partial charge in [0.05, 0.1) is 48.3 Å². The highest BCUT2D eigenvalue weighted by molar-refractivity contribution is 6.00. The number of carbonyl (C=O) groups is 2. The van der Waals surface area contributed by atoms with E-state index in [1.807, 2.05) is 103 Å². The Bertz CT molecular complexity index is 1500. The van der Waals surface area contributed by atoms with Gasteiger partial charge in [-0.3, -0.25) is 0 Å². The van der Waals surface area contributed by atoms with E-state index in [4.69, 9.17) is 19.3 Å². The van der Waals surface area contributed by atoms with Crippen LogP contribution in [0.15, 0.2) is 77.3 Å². The third-order valence-electron chi connectivity index (χ3n) is 7.30. The molecule has 0 atom stereocenters. The summed E-state index contributed by atoms with van der Waals surface area (Å²) in [4.78, 5) is 27.7. The zero-order valence-electron chi connectivity index (χ0n) is 27.2. The van der Waals surface area contributed by atoms with Crippen LogP contribution in [0.25, 0.3) is 16.9 Å². The fourth-order valence-electron chi connectivity index (χ4n) is 5.22. The van der Waals surface area contributed by atoms with Crippen LogP contribution >= 0.6 is 0 Å². The number of benzene rings is 2. The van der Waals surface area contributed by atoms with Crippen LogP contribution in [-0.2, 0) is 19.1 Å². The Hall–Kier alpha value is -4.33. The predicted octanol–water partition coefficient (Wildman–Crippen LogP) is 7.27. The summed E-state index contributed by atoms with van der Waals surface area (Å²) in [7, 11) is 0. The van der Waals surface area contributed by atoms with E-state index in [-0.39, 0.29) is 25.0 Å². The maximum absolute atomic E-state index is 13.8. The molecule has 1 aliphatic heterocycles. The topological polar surface area (TPSA) is 91.7 Å². The second-order valence-electron chi connectivity index (χ2n) is 12.2. The summed E-state index contributed by atoms with van der Waals surface area (Å²) >= 11 is 0. The number of ether oxygens (including phenoxy) is 3. The third-order valence-corrected chi connectivity index (χ3v) is 7.30. The normalized spacial score (nSPS) is 13.9. The molecule has 0 aliphatic carbocycles. The zero-order chi connectivity index (χ0) is 32.0. The first-order valence-electron chi connectivity index (χ1n) is 15.4. The van der Waals surface area contributed by atoms with Crippen LogP contribution in [0.1, 0.15) is 71.9 Å². The van der Waals surface area contributed by atoms with Gasteiger partial charge >= 0.3 is 11.9 Å². The van der Waals surface area contributed by atoms with Gasteiger partial charge < -0.3 is 19.5 Å². The molecule has 1 aliphatic rings. The van der Waals surface area contributed by atoms with Gasteiger partial charge in [-0.25, -0.2) is 14.3 Å². The van der Waals surface area contributed by atoms with Crippen molar-refractivity contribution in [2.75, 3.05) is 19.8 Å². The molecular formula is C36H45N3O5. The molecule has 0 spiro atoms. The average molecular weight is 600 g/mol. The number of aryl methyl sites for hydroxylation is 1. The van der Waals surface area contributed by atoms with Crippen LogP contribution < -0.4 is 10.1 Å². The summed E-state index contributed by atoms with van der Waals surface area (Å²) in [5.41, 5.74) is 6.02. The molecule has 2 aromatic carbocycles. The number of nitrogens with one attached hydrogen (secondary N) is 1. The molecule has 8 nitrogen and oxygen atoms in total. The summed E-state index contributed by atoms with van der Waals surface area (Å²) in [5, 5.41) is 8.34. The van der Waals surface area contributed by atoms with E-state index in [1.165, 1.54) is 0 Å². The molecule has 8 heteroatoms. The van der Waals surface area contributed by atoms with Gasteiger partial charge in [0.15, 0.2) is 0 Å². The van der Waals surface area contributed by atoms with Gasteiger partial charge in [-0.05, 0) is 74.9 Å². The van der Waals surface area contributed by atoms with Gasteiger partial charge in [0, 0.05) is 28.7 Å². The summed E-state index contributed by atoms with van der Waals surface area (Å²) in [6, 6.07) is 15.7. The highest BCUT2D eigenvalue weighted by Crippen LogP contribution is 2.44. The van der Waals surface area contributed by atoms with Gasteiger partial charge in [0.1, 0.15) is 5.75 Å². The van der Waals surface area contributed by atoms with E-state index in [1.54, 1.807) is 4.68 Å². The van der Waals surface area contributed by atoms with Crippen LogP contribution in [0.5, 0.6) is 5.75 Å². The van der Waals surface area contributed by atoms with Crippen molar-refractivity contribution < 1.29 is 23.8 Å². The number of allylic oxidation sites excluding steroid dienone is 2. The van der Waals surface area contributed by atoms with E-state index in [0.29, 0.717) is 40.4 Å². The molecule has 1 aromatic heterocycles. The van der Waals surface area contributed by atoms with E-state index in [0.717, 1.165) is 29.0 Å². The van der Waals surface area contributed by atoms with Crippen molar-refractivity contribution in [3.63, 3.8) is 0 Å². The van der Waals surface area contributed by atoms with E-state index in [9.17, 15) is 9.59 Å². The van der Waals surface area contributed by atoms with Gasteiger partial charge in [0.25, 0.3) is 0 Å². The van der Waals surface area contributed by atoms with Crippen LogP contribution in [0.2, 0.25) is 0 Å². The maximum atomic E-state index is 13.8. The molecule has 0 fully saturated rings. The number of hydrogen-bond acceptors (Lipinski definition) is 7. The van der Waals surface area contributed by atoms with Crippen LogP contribution in [0.4, 0.5) is 0 Å². The molecule has 1 N–H and O–H groups in total. The molecule has 234 valence electrons. The molecule has 0 radical (unpaired) electrons. The lowest BCUT2D eigenvalue weighted by atomic mass is 9.79. The maximum Gasteiger partial charge on any atom is 0.336 e. The molecule has 2 heterocycles.